The number of amides is 1. The van der Waals surface area contributed by atoms with Gasteiger partial charge in [-0.25, -0.2) is 8.42 Å². The quantitative estimate of drug-likeness (QED) is 0.707. The van der Waals surface area contributed by atoms with Gasteiger partial charge in [-0.05, 0) is 29.8 Å². The Kier molecular flexibility index (Phi) is 5.34. The van der Waals surface area contributed by atoms with Crippen molar-refractivity contribution in [2.75, 3.05) is 17.7 Å². The van der Waals surface area contributed by atoms with Crippen LogP contribution in [-0.2, 0) is 21.4 Å². The smallest absolute Gasteiger partial charge is 0.487 e. The van der Waals surface area contributed by atoms with Crippen molar-refractivity contribution in [3.63, 3.8) is 0 Å². The van der Waals surface area contributed by atoms with Crippen molar-refractivity contribution in [2.45, 2.75) is 31.5 Å². The van der Waals surface area contributed by atoms with Gasteiger partial charge in [-0.15, -0.1) is 13.2 Å². The van der Waals surface area contributed by atoms with Gasteiger partial charge in [0.05, 0.1) is 25.0 Å². The van der Waals surface area contributed by atoms with Gasteiger partial charge in [0, 0.05) is 6.42 Å². The van der Waals surface area contributed by atoms with E-state index in [1.54, 1.807) is 24.3 Å². The fraction of sp³-hybridized carbons (Fsp3) is 0.350. The van der Waals surface area contributed by atoms with Gasteiger partial charge < -0.3 is 14.4 Å². The molecule has 2 unspecified atom stereocenters. The Balaban J connectivity index is 1.67. The van der Waals surface area contributed by atoms with Crippen molar-refractivity contribution >= 4 is 21.6 Å². The third-order valence-corrected chi connectivity index (χ3v) is 6.40. The van der Waals surface area contributed by atoms with Gasteiger partial charge in [-0.2, -0.15) is 4.31 Å². The molecule has 2 heterocycles. The fourth-order valence-electron chi connectivity index (χ4n) is 3.85. The minimum absolute atomic E-state index is 0.0181. The number of rotatable bonds is 4. The standard InChI is InChI=1S/C20H19F3N2O5S/c1-31(27,28)25-12-15-10-17(25)19(26)24(16-4-2-3-5-18(16)29-15)11-13-6-8-14(9-7-13)30-20(21,22)23/h2-9,15,17H,10-12H2,1H3. The van der Waals surface area contributed by atoms with Gasteiger partial charge in [0.25, 0.3) is 0 Å². The largest absolute Gasteiger partial charge is 0.573 e. The zero-order chi connectivity index (χ0) is 22.4. The summed E-state index contributed by atoms with van der Waals surface area (Å²) < 4.78 is 72.6. The molecule has 2 aromatic rings. The van der Waals surface area contributed by atoms with Crippen LogP contribution in [0.3, 0.4) is 0 Å². The molecule has 2 atom stereocenters. The van der Waals surface area contributed by atoms with Crippen molar-refractivity contribution in [2.24, 2.45) is 0 Å². The molecule has 0 radical (unpaired) electrons. The van der Waals surface area contributed by atoms with Gasteiger partial charge in [-0.1, -0.05) is 24.3 Å². The van der Waals surface area contributed by atoms with Crippen LogP contribution in [0.2, 0.25) is 0 Å². The van der Waals surface area contributed by atoms with Crippen molar-refractivity contribution in [1.29, 1.82) is 0 Å². The van der Waals surface area contributed by atoms with E-state index in [9.17, 15) is 26.4 Å². The van der Waals surface area contributed by atoms with Crippen molar-refractivity contribution in [1.82, 2.24) is 4.31 Å². The second kappa shape index (κ2) is 7.72. The summed E-state index contributed by atoms with van der Waals surface area (Å²) in [5.41, 5.74) is 1.01. The van der Waals surface area contributed by atoms with Crippen LogP contribution in [0, 0.1) is 0 Å². The summed E-state index contributed by atoms with van der Waals surface area (Å²) in [5.74, 6) is -0.355. The predicted octanol–water partition coefficient (Wildman–Crippen LogP) is 2.91. The topological polar surface area (TPSA) is 76.2 Å². The van der Waals surface area contributed by atoms with Crippen molar-refractivity contribution in [3.05, 3.63) is 54.1 Å². The molecule has 1 saturated heterocycles. The van der Waals surface area contributed by atoms with Gasteiger partial charge in [-0.3, -0.25) is 4.79 Å². The maximum absolute atomic E-state index is 13.4. The first-order chi connectivity index (χ1) is 14.5. The Labute approximate surface area is 177 Å². The highest BCUT2D eigenvalue weighted by Crippen LogP contribution is 2.37. The first-order valence-electron chi connectivity index (χ1n) is 9.40. The average molecular weight is 456 g/mol. The van der Waals surface area contributed by atoms with E-state index in [4.69, 9.17) is 4.74 Å². The summed E-state index contributed by atoms with van der Waals surface area (Å²) in [5, 5.41) is 0. The van der Waals surface area contributed by atoms with E-state index in [2.05, 4.69) is 4.74 Å². The van der Waals surface area contributed by atoms with E-state index in [-0.39, 0.29) is 25.3 Å². The number of para-hydroxylation sites is 2. The maximum atomic E-state index is 13.4. The molecule has 2 aromatic carbocycles. The van der Waals surface area contributed by atoms with Crippen LogP contribution < -0.4 is 14.4 Å². The Hall–Kier alpha value is -2.79. The molecule has 0 N–H and O–H groups in total. The summed E-state index contributed by atoms with van der Waals surface area (Å²) >= 11 is 0. The average Bonchev–Trinajstić information content (AvgIpc) is 3.11. The lowest BCUT2D eigenvalue weighted by atomic mass is 10.1. The minimum atomic E-state index is -4.80. The molecule has 7 nitrogen and oxygen atoms in total. The second-order valence-corrected chi connectivity index (χ2v) is 9.34. The van der Waals surface area contributed by atoms with Crippen LogP contribution in [0.15, 0.2) is 48.5 Å². The SMILES string of the molecule is CS(=O)(=O)N1CC2CC1C(=O)N(Cc1ccc(OC(F)(F)F)cc1)c1ccccc1O2. The summed E-state index contributed by atoms with van der Waals surface area (Å²) in [4.78, 5) is 14.8. The molecular formula is C20H19F3N2O5S. The molecule has 1 amide bonds. The lowest BCUT2D eigenvalue weighted by Crippen LogP contribution is -2.47. The zero-order valence-corrected chi connectivity index (χ0v) is 17.2. The minimum Gasteiger partial charge on any atom is -0.487 e. The zero-order valence-electron chi connectivity index (χ0n) is 16.4. The number of anilines is 1. The number of ether oxygens (including phenoxy) is 2. The highest BCUT2D eigenvalue weighted by molar-refractivity contribution is 7.88. The highest BCUT2D eigenvalue weighted by atomic mass is 32.2. The van der Waals surface area contributed by atoms with E-state index in [0.717, 1.165) is 22.7 Å². The molecule has 4 rings (SSSR count). The van der Waals surface area contributed by atoms with Crippen LogP contribution in [0.4, 0.5) is 18.9 Å². The number of alkyl halides is 3. The molecule has 0 aromatic heterocycles. The molecule has 31 heavy (non-hydrogen) atoms. The third kappa shape index (κ3) is 4.62. The van der Waals surface area contributed by atoms with Gasteiger partial charge in [0.1, 0.15) is 23.6 Å². The summed E-state index contributed by atoms with van der Waals surface area (Å²) in [7, 11) is -3.65. The molecule has 11 heteroatoms. The van der Waals surface area contributed by atoms with Crippen LogP contribution in [-0.4, -0.2) is 49.9 Å². The Morgan fingerprint density at radius 1 is 1.13 bits per heavy atom. The van der Waals surface area contributed by atoms with Gasteiger partial charge in [0.2, 0.25) is 15.9 Å². The number of sulfonamides is 1. The van der Waals surface area contributed by atoms with E-state index < -0.39 is 34.4 Å². The molecule has 0 saturated carbocycles. The van der Waals surface area contributed by atoms with E-state index in [0.29, 0.717) is 17.0 Å². The monoisotopic (exact) mass is 456 g/mol. The molecule has 0 spiro atoms. The van der Waals surface area contributed by atoms with E-state index in [1.165, 1.54) is 17.0 Å². The Bertz CT molecular complexity index is 1090. The van der Waals surface area contributed by atoms with E-state index in [1.807, 2.05) is 0 Å². The number of fused-ring (bicyclic) bond motifs is 3. The van der Waals surface area contributed by atoms with E-state index >= 15 is 0 Å². The molecular weight excluding hydrogens is 437 g/mol. The number of halogens is 3. The van der Waals surface area contributed by atoms with Crippen molar-refractivity contribution < 1.29 is 35.9 Å². The number of carbonyl (C=O) groups excluding carboxylic acids is 1. The number of hydrogen-bond acceptors (Lipinski definition) is 5. The van der Waals surface area contributed by atoms with Crippen molar-refractivity contribution in [3.8, 4) is 11.5 Å². The molecule has 2 bridgehead atoms. The summed E-state index contributed by atoms with van der Waals surface area (Å²) in [6.07, 6.45) is -3.99. The molecule has 1 fully saturated rings. The van der Waals surface area contributed by atoms with Gasteiger partial charge >= 0.3 is 6.36 Å². The molecule has 166 valence electrons. The van der Waals surface area contributed by atoms with Crippen LogP contribution in [0.25, 0.3) is 0 Å². The first-order valence-corrected chi connectivity index (χ1v) is 11.2. The number of carbonyl (C=O) groups is 1. The molecule has 2 aliphatic heterocycles. The third-order valence-electron chi connectivity index (χ3n) is 5.14. The van der Waals surface area contributed by atoms with Crippen LogP contribution in [0.1, 0.15) is 12.0 Å². The summed E-state index contributed by atoms with van der Waals surface area (Å²) in [6, 6.07) is 11.1. The molecule has 0 aliphatic carbocycles. The summed E-state index contributed by atoms with van der Waals surface area (Å²) in [6.45, 7) is 0.0885. The predicted molar refractivity (Wildman–Crippen MR) is 105 cm³/mol. The number of benzene rings is 2. The normalized spacial score (nSPS) is 21.8. The fourth-order valence-corrected chi connectivity index (χ4v) is 4.92. The first kappa shape index (κ1) is 21.4. The second-order valence-electron chi connectivity index (χ2n) is 7.41. The Morgan fingerprint density at radius 2 is 1.81 bits per heavy atom. The highest BCUT2D eigenvalue weighted by Gasteiger charge is 2.46. The van der Waals surface area contributed by atoms with Gasteiger partial charge in [0.15, 0.2) is 0 Å². The molecule has 2 aliphatic rings. The Morgan fingerprint density at radius 3 is 2.45 bits per heavy atom. The number of hydrogen-bond donors (Lipinski definition) is 0. The maximum Gasteiger partial charge on any atom is 0.573 e. The lowest BCUT2D eigenvalue weighted by Gasteiger charge is -2.31. The lowest BCUT2D eigenvalue weighted by molar-refractivity contribution is -0.274. The van der Waals surface area contributed by atoms with Crippen LogP contribution in [0.5, 0.6) is 11.5 Å². The number of nitrogens with zero attached hydrogens (tertiary/aromatic N) is 2. The van der Waals surface area contributed by atoms with Crippen LogP contribution >= 0.6 is 0 Å².